The first kappa shape index (κ1) is 20.5. The van der Waals surface area contributed by atoms with Gasteiger partial charge < -0.3 is 14.2 Å². The van der Waals surface area contributed by atoms with Gasteiger partial charge in [-0.25, -0.2) is 4.79 Å². The lowest BCUT2D eigenvalue weighted by molar-refractivity contribution is -0.380. The second kappa shape index (κ2) is 6.71. The summed E-state index contributed by atoms with van der Waals surface area (Å²) in [6.45, 7) is 2.13. The molecule has 1 aromatic carbocycles. The highest BCUT2D eigenvalue weighted by Gasteiger charge is 2.92. The zero-order valence-electron chi connectivity index (χ0n) is 18.2. The highest BCUT2D eigenvalue weighted by Crippen LogP contribution is 2.89. The zero-order chi connectivity index (χ0) is 22.4. The highest BCUT2D eigenvalue weighted by atomic mass is 127. The second-order valence-corrected chi connectivity index (χ2v) is 10.7. The summed E-state index contributed by atoms with van der Waals surface area (Å²) in [5.74, 6) is 1.70. The standard InChI is InChI=1S/C24H25IN2O5/c1-4-32-21(28)17-10-16(12-5-7-14(30-2)8-6-12)26-27(17)24-13-9-15(24)18-19(24)20(25)23(18,11-13)22(29)31-3/h5-8,10,13,15,18-20H,4,9,11H2,1-3H3. The van der Waals surface area contributed by atoms with Crippen LogP contribution in [0.1, 0.15) is 30.3 Å². The number of benzene rings is 1. The van der Waals surface area contributed by atoms with Crippen LogP contribution in [-0.4, -0.2) is 46.5 Å². The summed E-state index contributed by atoms with van der Waals surface area (Å²) < 4.78 is 18.1. The van der Waals surface area contributed by atoms with Crippen LogP contribution < -0.4 is 4.74 Å². The largest absolute Gasteiger partial charge is 0.497 e. The summed E-state index contributed by atoms with van der Waals surface area (Å²) in [5.41, 5.74) is 1.63. The number of hydrogen-bond acceptors (Lipinski definition) is 6. The van der Waals surface area contributed by atoms with Crippen molar-refractivity contribution in [2.24, 2.45) is 29.1 Å². The van der Waals surface area contributed by atoms with Crippen LogP contribution in [-0.2, 0) is 19.8 Å². The van der Waals surface area contributed by atoms with Crippen LogP contribution in [0.25, 0.3) is 11.3 Å². The molecule has 6 bridgehead atoms. The molecule has 168 valence electrons. The Bertz CT molecular complexity index is 1120. The van der Waals surface area contributed by atoms with Crippen molar-refractivity contribution in [2.45, 2.75) is 29.2 Å². The van der Waals surface area contributed by atoms with Crippen molar-refractivity contribution in [1.82, 2.24) is 9.78 Å². The van der Waals surface area contributed by atoms with Crippen molar-refractivity contribution in [2.75, 3.05) is 20.8 Å². The van der Waals surface area contributed by atoms with Gasteiger partial charge >= 0.3 is 11.9 Å². The molecule has 0 N–H and O–H groups in total. The van der Waals surface area contributed by atoms with Gasteiger partial charge in [-0.1, -0.05) is 22.6 Å². The van der Waals surface area contributed by atoms with Gasteiger partial charge in [0, 0.05) is 15.4 Å². The number of carbonyl (C=O) groups excluding carboxylic acids is 2. The van der Waals surface area contributed by atoms with Crippen LogP contribution in [0.15, 0.2) is 30.3 Å². The van der Waals surface area contributed by atoms with Gasteiger partial charge in [-0.15, -0.1) is 0 Å². The monoisotopic (exact) mass is 548 g/mol. The van der Waals surface area contributed by atoms with Crippen molar-refractivity contribution >= 4 is 34.5 Å². The summed E-state index contributed by atoms with van der Waals surface area (Å²) in [6.07, 6.45) is 1.90. The SMILES string of the molecule is CCOC(=O)c1cc(-c2ccc(OC)cc2)nn1C12C3CC1C1C2C(I)C1(C(=O)OC)C3. The molecule has 8 rings (SSSR count). The summed E-state index contributed by atoms with van der Waals surface area (Å²) in [4.78, 5) is 25.7. The fourth-order valence-electron chi connectivity index (χ4n) is 7.51. The number of methoxy groups -OCH3 is 2. The van der Waals surface area contributed by atoms with E-state index >= 15 is 0 Å². The molecule has 1 aromatic heterocycles. The Labute approximate surface area is 199 Å². The van der Waals surface area contributed by atoms with Crippen molar-refractivity contribution in [3.05, 3.63) is 36.0 Å². The molecule has 1 heterocycles. The molecule has 6 fully saturated rings. The normalized spacial score (nSPS) is 37.4. The predicted molar refractivity (Wildman–Crippen MR) is 124 cm³/mol. The molecule has 32 heavy (non-hydrogen) atoms. The minimum atomic E-state index is -0.356. The van der Waals surface area contributed by atoms with E-state index in [-0.39, 0.29) is 26.8 Å². The third-order valence-corrected chi connectivity index (χ3v) is 10.5. The van der Waals surface area contributed by atoms with Gasteiger partial charge in [0.25, 0.3) is 0 Å². The number of aromatic nitrogens is 2. The van der Waals surface area contributed by atoms with Crippen molar-refractivity contribution in [3.63, 3.8) is 0 Å². The van der Waals surface area contributed by atoms with Crippen LogP contribution in [0, 0.1) is 29.1 Å². The third-order valence-electron chi connectivity index (χ3n) is 8.64. The van der Waals surface area contributed by atoms with E-state index in [0.29, 0.717) is 36.0 Å². The Morgan fingerprint density at radius 2 is 1.97 bits per heavy atom. The van der Waals surface area contributed by atoms with Gasteiger partial charge in [0.2, 0.25) is 0 Å². The summed E-state index contributed by atoms with van der Waals surface area (Å²) in [6, 6.07) is 9.55. The van der Waals surface area contributed by atoms with Gasteiger partial charge in [0.1, 0.15) is 11.4 Å². The van der Waals surface area contributed by atoms with E-state index in [1.165, 1.54) is 7.11 Å². The summed E-state index contributed by atoms with van der Waals surface area (Å²) in [7, 11) is 3.13. The average molecular weight is 548 g/mol. The van der Waals surface area contributed by atoms with Crippen LogP contribution >= 0.6 is 22.6 Å². The van der Waals surface area contributed by atoms with Gasteiger partial charge in [-0.2, -0.15) is 5.10 Å². The van der Waals surface area contributed by atoms with E-state index in [0.717, 1.165) is 29.8 Å². The molecule has 0 amide bonds. The molecule has 7 unspecified atom stereocenters. The van der Waals surface area contributed by atoms with Gasteiger partial charge in [-0.3, -0.25) is 9.48 Å². The topological polar surface area (TPSA) is 79.7 Å². The van der Waals surface area contributed by atoms with Crippen LogP contribution in [0.3, 0.4) is 0 Å². The van der Waals surface area contributed by atoms with E-state index in [9.17, 15) is 9.59 Å². The molecule has 0 aliphatic heterocycles. The van der Waals surface area contributed by atoms with Crippen LogP contribution in [0.5, 0.6) is 5.75 Å². The maximum Gasteiger partial charge on any atom is 0.356 e. The lowest BCUT2D eigenvalue weighted by Gasteiger charge is -2.88. The first-order valence-corrected chi connectivity index (χ1v) is 12.3. The summed E-state index contributed by atoms with van der Waals surface area (Å²) >= 11 is 2.44. The maximum absolute atomic E-state index is 13.0. The van der Waals surface area contributed by atoms with E-state index in [4.69, 9.17) is 19.3 Å². The van der Waals surface area contributed by atoms with Gasteiger partial charge in [0.05, 0.1) is 37.5 Å². The molecular formula is C24H25IN2O5. The Morgan fingerprint density at radius 1 is 1.22 bits per heavy atom. The number of rotatable bonds is 6. The Morgan fingerprint density at radius 3 is 2.56 bits per heavy atom. The number of ether oxygens (including phenoxy) is 3. The first-order chi connectivity index (χ1) is 15.4. The molecule has 0 saturated heterocycles. The van der Waals surface area contributed by atoms with Crippen molar-refractivity contribution in [1.29, 1.82) is 0 Å². The lowest BCUT2D eigenvalue weighted by Crippen LogP contribution is -2.92. The minimum absolute atomic E-state index is 0.0637. The number of esters is 2. The zero-order valence-corrected chi connectivity index (χ0v) is 20.4. The molecule has 6 aliphatic rings. The quantitative estimate of drug-likeness (QED) is 0.312. The molecule has 0 radical (unpaired) electrons. The number of alkyl halides is 1. The van der Waals surface area contributed by atoms with E-state index in [1.807, 2.05) is 41.9 Å². The van der Waals surface area contributed by atoms with Crippen LogP contribution in [0.4, 0.5) is 0 Å². The molecule has 8 heteroatoms. The predicted octanol–water partition coefficient (Wildman–Crippen LogP) is 3.69. The smallest absolute Gasteiger partial charge is 0.356 e. The minimum Gasteiger partial charge on any atom is -0.497 e. The molecule has 7 atom stereocenters. The fraction of sp³-hybridized carbons (Fsp3) is 0.542. The van der Waals surface area contributed by atoms with E-state index in [1.54, 1.807) is 7.11 Å². The molecule has 2 aromatic rings. The highest BCUT2D eigenvalue weighted by molar-refractivity contribution is 14.1. The van der Waals surface area contributed by atoms with Crippen molar-refractivity contribution in [3.8, 4) is 17.0 Å². The van der Waals surface area contributed by atoms with Gasteiger partial charge in [0.15, 0.2) is 0 Å². The Hall–Kier alpha value is -2.10. The maximum atomic E-state index is 13.0. The van der Waals surface area contributed by atoms with Crippen LogP contribution in [0.2, 0.25) is 0 Å². The second-order valence-electron chi connectivity index (χ2n) is 9.39. The molecule has 6 aliphatic carbocycles. The Balaban J connectivity index is 1.44. The van der Waals surface area contributed by atoms with Gasteiger partial charge in [-0.05, 0) is 67.9 Å². The third kappa shape index (κ3) is 2.11. The van der Waals surface area contributed by atoms with Crippen molar-refractivity contribution < 1.29 is 23.8 Å². The molecule has 6 saturated carbocycles. The van der Waals surface area contributed by atoms with E-state index < -0.39 is 0 Å². The molecule has 0 spiro atoms. The number of hydrogen-bond donors (Lipinski definition) is 0. The molecule has 7 nitrogen and oxygen atoms in total. The number of carbonyl (C=O) groups is 2. The fourth-order valence-corrected chi connectivity index (χ4v) is 9.45. The molecular weight excluding hydrogens is 523 g/mol. The lowest BCUT2D eigenvalue weighted by atomic mass is 9.18. The number of halogens is 1. The Kier molecular flexibility index (Phi) is 4.30. The summed E-state index contributed by atoms with van der Waals surface area (Å²) in [5, 5.41) is 5.01. The van der Waals surface area contributed by atoms with E-state index in [2.05, 4.69) is 22.6 Å². The number of nitrogens with zero attached hydrogens (tertiary/aromatic N) is 2. The first-order valence-electron chi connectivity index (χ1n) is 11.1. The average Bonchev–Trinajstić information content (AvgIpc) is 3.25.